The molecule has 96 valence electrons. The summed E-state index contributed by atoms with van der Waals surface area (Å²) in [7, 11) is 3.37. The van der Waals surface area contributed by atoms with Crippen LogP contribution in [0.3, 0.4) is 0 Å². The number of nitrogens with two attached hydrogens (primary N) is 1. The highest BCUT2D eigenvalue weighted by atomic mass is 79.9. The SMILES string of the molecule is Cn1ncc(CNc2cnn(C)c(=O)c2Br)c1N. The van der Waals surface area contributed by atoms with Crippen LogP contribution in [0.4, 0.5) is 11.5 Å². The highest BCUT2D eigenvalue weighted by Crippen LogP contribution is 2.18. The van der Waals surface area contributed by atoms with Crippen LogP contribution in [0.25, 0.3) is 0 Å². The number of nitrogens with one attached hydrogen (secondary N) is 1. The average molecular weight is 313 g/mol. The van der Waals surface area contributed by atoms with Crippen LogP contribution in [0, 0.1) is 0 Å². The average Bonchev–Trinajstić information content (AvgIpc) is 2.67. The molecular weight excluding hydrogens is 300 g/mol. The molecule has 0 atom stereocenters. The smallest absolute Gasteiger partial charge is 0.282 e. The molecule has 0 aliphatic rings. The molecule has 0 bridgehead atoms. The second-order valence-electron chi connectivity index (χ2n) is 3.83. The maximum Gasteiger partial charge on any atom is 0.282 e. The molecule has 0 aliphatic carbocycles. The topological polar surface area (TPSA) is 90.8 Å². The number of aryl methyl sites for hydroxylation is 2. The molecule has 0 aliphatic heterocycles. The molecule has 0 spiro atoms. The number of nitrogen functional groups attached to an aromatic ring is 1. The molecule has 0 fully saturated rings. The van der Waals surface area contributed by atoms with Crippen LogP contribution in [0.15, 0.2) is 21.7 Å². The Labute approximate surface area is 112 Å². The molecule has 0 radical (unpaired) electrons. The predicted molar refractivity (Wildman–Crippen MR) is 72.1 cm³/mol. The number of anilines is 2. The van der Waals surface area contributed by atoms with E-state index in [4.69, 9.17) is 5.73 Å². The maximum atomic E-state index is 11.6. The van der Waals surface area contributed by atoms with Crippen LogP contribution < -0.4 is 16.6 Å². The molecule has 18 heavy (non-hydrogen) atoms. The Kier molecular flexibility index (Phi) is 3.37. The number of hydrogen-bond acceptors (Lipinski definition) is 5. The molecule has 0 unspecified atom stereocenters. The van der Waals surface area contributed by atoms with Crippen LogP contribution in [0.5, 0.6) is 0 Å². The Morgan fingerprint density at radius 3 is 2.61 bits per heavy atom. The van der Waals surface area contributed by atoms with Gasteiger partial charge in [-0.15, -0.1) is 0 Å². The van der Waals surface area contributed by atoms with Gasteiger partial charge in [-0.05, 0) is 15.9 Å². The molecule has 0 aromatic carbocycles. The quantitative estimate of drug-likeness (QED) is 0.859. The number of halogens is 1. The van der Waals surface area contributed by atoms with E-state index in [1.165, 1.54) is 4.68 Å². The molecule has 2 rings (SSSR count). The zero-order valence-corrected chi connectivity index (χ0v) is 11.6. The van der Waals surface area contributed by atoms with E-state index in [1.54, 1.807) is 31.2 Å². The molecule has 2 heterocycles. The van der Waals surface area contributed by atoms with E-state index in [0.717, 1.165) is 5.56 Å². The normalized spacial score (nSPS) is 10.6. The summed E-state index contributed by atoms with van der Waals surface area (Å²) in [4.78, 5) is 11.6. The molecule has 2 aromatic heterocycles. The van der Waals surface area contributed by atoms with Gasteiger partial charge in [0.25, 0.3) is 5.56 Å². The zero-order chi connectivity index (χ0) is 13.3. The fourth-order valence-corrected chi connectivity index (χ4v) is 1.95. The van der Waals surface area contributed by atoms with Gasteiger partial charge in [0, 0.05) is 26.2 Å². The van der Waals surface area contributed by atoms with Gasteiger partial charge in [-0.25, -0.2) is 4.68 Å². The Bertz CT molecular complexity index is 632. The third-order valence-electron chi connectivity index (χ3n) is 2.61. The number of hydrogen-bond donors (Lipinski definition) is 2. The third kappa shape index (κ3) is 2.23. The van der Waals surface area contributed by atoms with Crippen molar-refractivity contribution in [2.24, 2.45) is 14.1 Å². The summed E-state index contributed by atoms with van der Waals surface area (Å²) in [5.41, 5.74) is 7.12. The lowest BCUT2D eigenvalue weighted by Gasteiger charge is -2.08. The van der Waals surface area contributed by atoms with E-state index < -0.39 is 0 Å². The second kappa shape index (κ2) is 4.81. The predicted octanol–water partition coefficient (Wildman–Crippen LogP) is 0.471. The fraction of sp³-hybridized carbons (Fsp3) is 0.300. The van der Waals surface area contributed by atoms with Gasteiger partial charge in [0.1, 0.15) is 10.3 Å². The zero-order valence-electron chi connectivity index (χ0n) is 10.0. The van der Waals surface area contributed by atoms with E-state index in [0.29, 0.717) is 22.5 Å². The molecule has 3 N–H and O–H groups in total. The van der Waals surface area contributed by atoms with Gasteiger partial charge in [0.05, 0.1) is 18.1 Å². The van der Waals surface area contributed by atoms with Crippen molar-refractivity contribution in [3.05, 3.63) is 32.8 Å². The lowest BCUT2D eigenvalue weighted by Crippen LogP contribution is -2.21. The molecular formula is C10H13BrN6O. The molecule has 2 aromatic rings. The first-order valence-corrected chi connectivity index (χ1v) is 6.02. The summed E-state index contributed by atoms with van der Waals surface area (Å²) in [6.07, 6.45) is 3.27. The van der Waals surface area contributed by atoms with E-state index in [-0.39, 0.29) is 5.56 Å². The van der Waals surface area contributed by atoms with Crippen LogP contribution in [-0.4, -0.2) is 19.6 Å². The summed E-state index contributed by atoms with van der Waals surface area (Å²) < 4.78 is 3.30. The van der Waals surface area contributed by atoms with Crippen LogP contribution >= 0.6 is 15.9 Å². The van der Waals surface area contributed by atoms with Gasteiger partial charge in [-0.2, -0.15) is 10.2 Å². The Morgan fingerprint density at radius 2 is 2.00 bits per heavy atom. The molecule has 7 nitrogen and oxygen atoms in total. The van der Waals surface area contributed by atoms with Crippen molar-refractivity contribution in [1.82, 2.24) is 19.6 Å². The largest absolute Gasteiger partial charge is 0.384 e. The maximum absolute atomic E-state index is 11.6. The first-order valence-electron chi connectivity index (χ1n) is 5.22. The Balaban J connectivity index is 2.19. The van der Waals surface area contributed by atoms with Crippen molar-refractivity contribution in [3.8, 4) is 0 Å². The van der Waals surface area contributed by atoms with Crippen molar-refractivity contribution >= 4 is 27.4 Å². The molecule has 0 saturated heterocycles. The van der Waals surface area contributed by atoms with E-state index in [1.807, 2.05) is 0 Å². The summed E-state index contributed by atoms with van der Waals surface area (Å²) in [6, 6.07) is 0. The summed E-state index contributed by atoms with van der Waals surface area (Å²) >= 11 is 3.24. The first-order chi connectivity index (χ1) is 8.50. The van der Waals surface area contributed by atoms with E-state index in [9.17, 15) is 4.79 Å². The van der Waals surface area contributed by atoms with Crippen molar-refractivity contribution in [2.45, 2.75) is 6.54 Å². The van der Waals surface area contributed by atoms with Crippen LogP contribution in [0.1, 0.15) is 5.56 Å². The van der Waals surface area contributed by atoms with Gasteiger partial charge in [0.15, 0.2) is 0 Å². The highest BCUT2D eigenvalue weighted by molar-refractivity contribution is 9.10. The second-order valence-corrected chi connectivity index (χ2v) is 4.63. The fourth-order valence-electron chi connectivity index (χ4n) is 1.45. The van der Waals surface area contributed by atoms with Crippen molar-refractivity contribution in [2.75, 3.05) is 11.1 Å². The summed E-state index contributed by atoms with van der Waals surface area (Å²) in [6.45, 7) is 0.479. The number of aromatic nitrogens is 4. The first kappa shape index (κ1) is 12.6. The standard InChI is InChI=1S/C10H13BrN6O/c1-16-9(12)6(4-14-16)3-13-7-5-15-17(2)10(18)8(7)11/h4-5,13H,3,12H2,1-2H3. The Hall–Kier alpha value is -1.83. The summed E-state index contributed by atoms with van der Waals surface area (Å²) in [5, 5.41) is 11.1. The minimum Gasteiger partial charge on any atom is -0.384 e. The highest BCUT2D eigenvalue weighted by Gasteiger charge is 2.08. The monoisotopic (exact) mass is 312 g/mol. The van der Waals surface area contributed by atoms with Crippen molar-refractivity contribution < 1.29 is 0 Å². The van der Waals surface area contributed by atoms with Gasteiger partial charge in [0.2, 0.25) is 0 Å². The van der Waals surface area contributed by atoms with E-state index in [2.05, 4.69) is 31.4 Å². The molecule has 8 heteroatoms. The van der Waals surface area contributed by atoms with Gasteiger partial charge < -0.3 is 11.1 Å². The van der Waals surface area contributed by atoms with Crippen molar-refractivity contribution in [1.29, 1.82) is 0 Å². The van der Waals surface area contributed by atoms with Gasteiger partial charge in [-0.3, -0.25) is 9.48 Å². The number of rotatable bonds is 3. The van der Waals surface area contributed by atoms with Crippen LogP contribution in [0.2, 0.25) is 0 Å². The van der Waals surface area contributed by atoms with E-state index >= 15 is 0 Å². The van der Waals surface area contributed by atoms with Crippen molar-refractivity contribution in [3.63, 3.8) is 0 Å². The van der Waals surface area contributed by atoms with Crippen LogP contribution in [-0.2, 0) is 20.6 Å². The summed E-state index contributed by atoms with van der Waals surface area (Å²) in [5.74, 6) is 0.593. The lowest BCUT2D eigenvalue weighted by atomic mass is 10.3. The third-order valence-corrected chi connectivity index (χ3v) is 3.38. The Morgan fingerprint density at radius 1 is 1.33 bits per heavy atom. The lowest BCUT2D eigenvalue weighted by molar-refractivity contribution is 0.703. The number of nitrogens with zero attached hydrogens (tertiary/aromatic N) is 4. The molecule has 0 saturated carbocycles. The van der Waals surface area contributed by atoms with Gasteiger partial charge in [-0.1, -0.05) is 0 Å². The minimum absolute atomic E-state index is 0.195. The molecule has 0 amide bonds. The minimum atomic E-state index is -0.195. The van der Waals surface area contributed by atoms with Gasteiger partial charge >= 0.3 is 0 Å².